The molecule has 1 saturated heterocycles. The van der Waals surface area contributed by atoms with Crippen molar-refractivity contribution in [1.29, 1.82) is 0 Å². The van der Waals surface area contributed by atoms with Gasteiger partial charge in [-0.3, -0.25) is 0 Å². The van der Waals surface area contributed by atoms with Crippen LogP contribution in [-0.4, -0.2) is 27.1 Å². The average Bonchev–Trinajstić information content (AvgIpc) is 3.03. The van der Waals surface area contributed by atoms with Crippen molar-refractivity contribution >= 4 is 34.4 Å². The molecule has 0 amide bonds. The molecule has 0 unspecified atom stereocenters. The molecule has 0 aliphatic carbocycles. The van der Waals surface area contributed by atoms with E-state index in [4.69, 9.17) is 12.2 Å². The maximum atomic E-state index is 5.86. The van der Waals surface area contributed by atoms with Gasteiger partial charge in [0.15, 0.2) is 5.11 Å². The lowest BCUT2D eigenvalue weighted by atomic mass is 9.79. The number of thiophene rings is 1. The van der Waals surface area contributed by atoms with Gasteiger partial charge in [-0.25, -0.2) is 0 Å². The first-order valence-electron chi connectivity index (χ1n) is 9.19. The highest BCUT2D eigenvalue weighted by Crippen LogP contribution is 2.33. The Morgan fingerprint density at radius 2 is 1.77 bits per heavy atom. The first kappa shape index (κ1) is 19.3. The second-order valence-electron chi connectivity index (χ2n) is 8.46. The van der Waals surface area contributed by atoms with Crippen LogP contribution in [0.15, 0.2) is 47.8 Å². The van der Waals surface area contributed by atoms with Gasteiger partial charge in [-0.15, -0.1) is 11.3 Å². The van der Waals surface area contributed by atoms with Gasteiger partial charge in [-0.05, 0) is 76.3 Å². The van der Waals surface area contributed by atoms with Gasteiger partial charge in [0.1, 0.15) is 0 Å². The lowest BCUT2D eigenvalue weighted by Gasteiger charge is -2.50. The molecule has 3 rings (SSSR count). The maximum Gasteiger partial charge on any atom is 0.174 e. The lowest BCUT2D eigenvalue weighted by Crippen LogP contribution is -2.63. The van der Waals surface area contributed by atoms with Gasteiger partial charge >= 0.3 is 0 Å². The fourth-order valence-corrected chi connectivity index (χ4v) is 5.18. The molecule has 1 aliphatic rings. The van der Waals surface area contributed by atoms with Gasteiger partial charge in [0.2, 0.25) is 0 Å². The number of piperidine rings is 1. The molecule has 1 fully saturated rings. The molecule has 2 aromatic rings. The summed E-state index contributed by atoms with van der Waals surface area (Å²) in [6.45, 7) is 10.0. The number of hydrogen-bond acceptors (Lipinski definition) is 3. The van der Waals surface area contributed by atoms with Gasteiger partial charge in [-0.1, -0.05) is 24.3 Å². The van der Waals surface area contributed by atoms with Crippen molar-refractivity contribution < 1.29 is 0 Å². The van der Waals surface area contributed by atoms with Crippen LogP contribution in [0.5, 0.6) is 0 Å². The number of hydrogen-bond donors (Lipinski definition) is 2. The Balaban J connectivity index is 1.84. The molecule has 0 atom stereocenters. The van der Waals surface area contributed by atoms with E-state index < -0.39 is 0 Å². The average molecular weight is 388 g/mol. The summed E-state index contributed by atoms with van der Waals surface area (Å²) in [4.78, 5) is 3.73. The summed E-state index contributed by atoms with van der Waals surface area (Å²) in [5.74, 6) is 0. The van der Waals surface area contributed by atoms with Crippen LogP contribution in [0.4, 0.5) is 5.69 Å². The zero-order valence-electron chi connectivity index (χ0n) is 16.1. The highest BCUT2D eigenvalue weighted by Gasteiger charge is 2.40. The van der Waals surface area contributed by atoms with Crippen molar-refractivity contribution in [1.82, 2.24) is 10.2 Å². The third kappa shape index (κ3) is 5.06. The quantitative estimate of drug-likeness (QED) is 0.700. The van der Waals surface area contributed by atoms with E-state index in [2.05, 4.69) is 72.9 Å². The third-order valence-corrected chi connectivity index (χ3v) is 6.00. The molecule has 3 nitrogen and oxygen atoms in total. The maximum absolute atomic E-state index is 5.86. The number of thiocarbonyl (C=S) groups is 1. The summed E-state index contributed by atoms with van der Waals surface area (Å²) in [7, 11) is 0. The highest BCUT2D eigenvalue weighted by molar-refractivity contribution is 7.80. The molecule has 140 valence electrons. The van der Waals surface area contributed by atoms with E-state index in [0.717, 1.165) is 30.2 Å². The largest absolute Gasteiger partial charge is 0.341 e. The monoisotopic (exact) mass is 387 g/mol. The van der Waals surface area contributed by atoms with Gasteiger partial charge in [0.25, 0.3) is 0 Å². The van der Waals surface area contributed by atoms with Crippen LogP contribution >= 0.6 is 23.6 Å². The predicted molar refractivity (Wildman–Crippen MR) is 117 cm³/mol. The summed E-state index contributed by atoms with van der Waals surface area (Å²) in [6.07, 6.45) is 2.14. The summed E-state index contributed by atoms with van der Waals surface area (Å²) in [5, 5.41) is 10.2. The normalized spacial score (nSPS) is 19.1. The van der Waals surface area contributed by atoms with E-state index in [1.807, 2.05) is 18.2 Å². The minimum Gasteiger partial charge on any atom is -0.341 e. The Hall–Kier alpha value is -1.43. The van der Waals surface area contributed by atoms with Crippen LogP contribution in [-0.2, 0) is 6.54 Å². The lowest BCUT2D eigenvalue weighted by molar-refractivity contribution is 0.102. The van der Waals surface area contributed by atoms with E-state index in [-0.39, 0.29) is 11.1 Å². The molecule has 1 aliphatic heterocycles. The van der Waals surface area contributed by atoms with Crippen LogP contribution in [0.2, 0.25) is 0 Å². The second kappa shape index (κ2) is 7.67. The molecular formula is C21H29N3S2. The fourth-order valence-electron chi connectivity index (χ4n) is 4.14. The molecule has 26 heavy (non-hydrogen) atoms. The van der Waals surface area contributed by atoms with E-state index in [1.165, 1.54) is 4.88 Å². The number of nitrogens with zero attached hydrogens (tertiary/aromatic N) is 1. The fraction of sp³-hybridized carbons (Fsp3) is 0.476. The minimum absolute atomic E-state index is 0.0858. The number of nitrogens with one attached hydrogen (secondary N) is 2. The minimum atomic E-state index is 0.0858. The predicted octanol–water partition coefficient (Wildman–Crippen LogP) is 5.26. The zero-order valence-corrected chi connectivity index (χ0v) is 17.7. The molecule has 1 aromatic carbocycles. The molecule has 2 heterocycles. The third-order valence-electron chi connectivity index (χ3n) is 4.80. The van der Waals surface area contributed by atoms with Crippen LogP contribution in [0.1, 0.15) is 45.4 Å². The van der Waals surface area contributed by atoms with Crippen molar-refractivity contribution in [3.05, 3.63) is 52.7 Å². The van der Waals surface area contributed by atoms with Crippen LogP contribution in [0.25, 0.3) is 0 Å². The Bertz CT molecular complexity index is 707. The SMILES string of the molecule is CC1(C)CC(N(Cc2cccs2)C(=S)Nc2ccccc2)CC(C)(C)N1. The zero-order chi connectivity index (χ0) is 18.8. The summed E-state index contributed by atoms with van der Waals surface area (Å²) < 4.78 is 0. The molecule has 5 heteroatoms. The summed E-state index contributed by atoms with van der Waals surface area (Å²) in [5.41, 5.74) is 1.21. The molecule has 1 aromatic heterocycles. The van der Waals surface area contributed by atoms with E-state index >= 15 is 0 Å². The van der Waals surface area contributed by atoms with Crippen LogP contribution in [0.3, 0.4) is 0 Å². The molecular weight excluding hydrogens is 358 g/mol. The standard InChI is InChI=1S/C21H29N3S2/c1-20(2)13-17(14-21(3,4)23-20)24(15-18-11-8-12-26-18)19(25)22-16-9-6-5-7-10-16/h5-12,17,23H,13-15H2,1-4H3,(H,22,25). The van der Waals surface area contributed by atoms with Gasteiger partial charge in [0, 0.05) is 27.7 Å². The van der Waals surface area contributed by atoms with Crippen LogP contribution < -0.4 is 10.6 Å². The number of para-hydroxylation sites is 1. The molecule has 2 N–H and O–H groups in total. The number of anilines is 1. The van der Waals surface area contributed by atoms with E-state index in [0.29, 0.717) is 6.04 Å². The van der Waals surface area contributed by atoms with E-state index in [9.17, 15) is 0 Å². The van der Waals surface area contributed by atoms with Crippen molar-refractivity contribution in [2.75, 3.05) is 5.32 Å². The Labute approximate surface area is 166 Å². The molecule has 0 spiro atoms. The molecule has 0 bridgehead atoms. The number of benzene rings is 1. The molecule has 0 saturated carbocycles. The summed E-state index contributed by atoms with van der Waals surface area (Å²) in [6, 6.07) is 14.9. The van der Waals surface area contributed by atoms with Crippen molar-refractivity contribution in [2.24, 2.45) is 0 Å². The smallest absolute Gasteiger partial charge is 0.174 e. The topological polar surface area (TPSA) is 27.3 Å². The van der Waals surface area contributed by atoms with Gasteiger partial charge in [0.05, 0.1) is 6.54 Å². The van der Waals surface area contributed by atoms with Crippen molar-refractivity contribution in [3.8, 4) is 0 Å². The summed E-state index contributed by atoms with van der Waals surface area (Å²) >= 11 is 7.65. The van der Waals surface area contributed by atoms with Crippen LogP contribution in [0, 0.1) is 0 Å². The second-order valence-corrected chi connectivity index (χ2v) is 9.88. The number of rotatable bonds is 4. The van der Waals surface area contributed by atoms with Crippen molar-refractivity contribution in [3.63, 3.8) is 0 Å². The van der Waals surface area contributed by atoms with Gasteiger partial charge < -0.3 is 15.5 Å². The van der Waals surface area contributed by atoms with E-state index in [1.54, 1.807) is 11.3 Å². The highest BCUT2D eigenvalue weighted by atomic mass is 32.1. The Morgan fingerprint density at radius 1 is 1.12 bits per heavy atom. The molecule has 0 radical (unpaired) electrons. The van der Waals surface area contributed by atoms with Gasteiger partial charge in [-0.2, -0.15) is 0 Å². The first-order chi connectivity index (χ1) is 12.2. The Kier molecular flexibility index (Phi) is 5.70. The first-order valence-corrected chi connectivity index (χ1v) is 10.5. The Morgan fingerprint density at radius 3 is 2.35 bits per heavy atom. The van der Waals surface area contributed by atoms with Crippen molar-refractivity contribution in [2.45, 2.75) is 64.2 Å².